The van der Waals surface area contributed by atoms with Gasteiger partial charge in [-0.05, 0) is 31.5 Å². The van der Waals surface area contributed by atoms with Gasteiger partial charge in [-0.2, -0.15) is 5.10 Å². The predicted octanol–water partition coefficient (Wildman–Crippen LogP) is 3.11. The monoisotopic (exact) mass is 322 g/mol. The lowest BCUT2D eigenvalue weighted by Crippen LogP contribution is -2.09. The Labute approximate surface area is 142 Å². The Hall–Kier alpha value is -2.76. The number of aryl methyl sites for hydroxylation is 1. The van der Waals surface area contributed by atoms with Gasteiger partial charge >= 0.3 is 0 Å². The van der Waals surface area contributed by atoms with Crippen molar-refractivity contribution in [3.8, 4) is 11.3 Å². The number of aromatic nitrogens is 5. The average molecular weight is 322 g/mol. The second-order valence-corrected chi connectivity index (χ2v) is 5.63. The molecule has 0 saturated heterocycles. The Morgan fingerprint density at radius 1 is 1.12 bits per heavy atom. The fourth-order valence-electron chi connectivity index (χ4n) is 2.58. The molecule has 0 aliphatic rings. The van der Waals surface area contributed by atoms with E-state index in [2.05, 4.69) is 39.2 Å². The molecule has 3 aromatic rings. The van der Waals surface area contributed by atoms with Crippen LogP contribution in [0.5, 0.6) is 0 Å². The van der Waals surface area contributed by atoms with Crippen molar-refractivity contribution < 1.29 is 0 Å². The summed E-state index contributed by atoms with van der Waals surface area (Å²) in [5.41, 5.74) is 4.14. The van der Waals surface area contributed by atoms with Crippen LogP contribution in [0.25, 0.3) is 11.3 Å². The minimum absolute atomic E-state index is 0.631. The topological polar surface area (TPSA) is 68.5 Å². The van der Waals surface area contributed by atoms with Crippen molar-refractivity contribution in [2.45, 2.75) is 33.2 Å². The Kier molecular flexibility index (Phi) is 5.15. The fourth-order valence-corrected chi connectivity index (χ4v) is 2.58. The SMILES string of the molecule is CCCn1ncc(-c2ccnc(NCCc3ccccn3)n2)c1C. The zero-order chi connectivity index (χ0) is 16.8. The molecule has 3 rings (SSSR count). The molecule has 0 bridgehead atoms. The van der Waals surface area contributed by atoms with Crippen molar-refractivity contribution in [1.29, 1.82) is 0 Å². The van der Waals surface area contributed by atoms with Gasteiger partial charge in [0.1, 0.15) is 0 Å². The largest absolute Gasteiger partial charge is 0.354 e. The van der Waals surface area contributed by atoms with Crippen molar-refractivity contribution in [2.75, 3.05) is 11.9 Å². The van der Waals surface area contributed by atoms with Crippen molar-refractivity contribution in [2.24, 2.45) is 0 Å². The number of nitrogens with one attached hydrogen (secondary N) is 1. The molecule has 0 fully saturated rings. The number of pyridine rings is 1. The van der Waals surface area contributed by atoms with Crippen molar-refractivity contribution in [3.05, 3.63) is 54.2 Å². The van der Waals surface area contributed by atoms with Crippen LogP contribution in [0.1, 0.15) is 24.7 Å². The lowest BCUT2D eigenvalue weighted by molar-refractivity contribution is 0.587. The highest BCUT2D eigenvalue weighted by molar-refractivity contribution is 5.61. The molecule has 0 aromatic carbocycles. The third kappa shape index (κ3) is 3.76. The smallest absolute Gasteiger partial charge is 0.223 e. The molecule has 24 heavy (non-hydrogen) atoms. The van der Waals surface area contributed by atoms with Crippen LogP contribution in [0.3, 0.4) is 0 Å². The molecule has 0 aliphatic heterocycles. The van der Waals surface area contributed by atoms with Crippen LogP contribution in [0, 0.1) is 6.92 Å². The Bertz CT molecular complexity index is 781. The van der Waals surface area contributed by atoms with Crippen LogP contribution in [0.15, 0.2) is 42.9 Å². The van der Waals surface area contributed by atoms with Gasteiger partial charge in [-0.3, -0.25) is 9.67 Å². The number of nitrogens with zero attached hydrogens (tertiary/aromatic N) is 5. The average Bonchev–Trinajstić information content (AvgIpc) is 2.97. The Balaban J connectivity index is 1.68. The van der Waals surface area contributed by atoms with E-state index < -0.39 is 0 Å². The van der Waals surface area contributed by atoms with Crippen molar-refractivity contribution in [1.82, 2.24) is 24.7 Å². The number of rotatable bonds is 7. The first kappa shape index (κ1) is 16.1. The first-order chi connectivity index (χ1) is 11.8. The van der Waals surface area contributed by atoms with Gasteiger partial charge in [0, 0.05) is 48.9 Å². The third-order valence-electron chi connectivity index (χ3n) is 3.86. The normalized spacial score (nSPS) is 10.8. The van der Waals surface area contributed by atoms with Gasteiger partial charge in [0.05, 0.1) is 11.9 Å². The zero-order valence-electron chi connectivity index (χ0n) is 14.1. The van der Waals surface area contributed by atoms with Crippen LogP contribution in [0.4, 0.5) is 5.95 Å². The molecule has 124 valence electrons. The zero-order valence-corrected chi connectivity index (χ0v) is 14.1. The lowest BCUT2D eigenvalue weighted by atomic mass is 10.2. The van der Waals surface area contributed by atoms with E-state index in [1.165, 1.54) is 0 Å². The molecule has 0 atom stereocenters. The van der Waals surface area contributed by atoms with E-state index in [-0.39, 0.29) is 0 Å². The molecule has 6 nitrogen and oxygen atoms in total. The first-order valence-electron chi connectivity index (χ1n) is 8.27. The summed E-state index contributed by atoms with van der Waals surface area (Å²) in [5.74, 6) is 0.631. The predicted molar refractivity (Wildman–Crippen MR) is 94.7 cm³/mol. The number of anilines is 1. The molecule has 0 saturated carbocycles. The maximum atomic E-state index is 4.61. The molecule has 1 N–H and O–H groups in total. The summed E-state index contributed by atoms with van der Waals surface area (Å²) in [7, 11) is 0. The third-order valence-corrected chi connectivity index (χ3v) is 3.86. The molecule has 0 aliphatic carbocycles. The van der Waals surface area contributed by atoms with Crippen LogP contribution in [0.2, 0.25) is 0 Å². The van der Waals surface area contributed by atoms with Gasteiger partial charge in [0.15, 0.2) is 0 Å². The Morgan fingerprint density at radius 3 is 2.83 bits per heavy atom. The van der Waals surface area contributed by atoms with E-state index in [1.807, 2.05) is 41.3 Å². The van der Waals surface area contributed by atoms with Gasteiger partial charge in [-0.25, -0.2) is 9.97 Å². The molecule has 3 heterocycles. The summed E-state index contributed by atoms with van der Waals surface area (Å²) >= 11 is 0. The van der Waals surface area contributed by atoms with E-state index in [1.54, 1.807) is 6.20 Å². The fraction of sp³-hybridized carbons (Fsp3) is 0.333. The van der Waals surface area contributed by atoms with Crippen LogP contribution in [-0.4, -0.2) is 31.3 Å². The highest BCUT2D eigenvalue weighted by Crippen LogP contribution is 2.21. The van der Waals surface area contributed by atoms with Gasteiger partial charge in [-0.1, -0.05) is 13.0 Å². The van der Waals surface area contributed by atoms with Crippen LogP contribution in [-0.2, 0) is 13.0 Å². The summed E-state index contributed by atoms with van der Waals surface area (Å²) in [5, 5.41) is 7.71. The Morgan fingerprint density at radius 2 is 2.04 bits per heavy atom. The molecule has 0 amide bonds. The molecular weight excluding hydrogens is 300 g/mol. The van der Waals surface area contributed by atoms with E-state index in [0.29, 0.717) is 5.95 Å². The van der Waals surface area contributed by atoms with Gasteiger partial charge in [0.2, 0.25) is 5.95 Å². The standard InChI is InChI=1S/C18H22N6/c1-3-12-24-14(2)16(13-22-24)17-8-11-21-18(23-17)20-10-7-15-6-4-5-9-19-15/h4-6,8-9,11,13H,3,7,10,12H2,1-2H3,(H,20,21,23). The van der Waals surface area contributed by atoms with Gasteiger partial charge < -0.3 is 5.32 Å². The van der Waals surface area contributed by atoms with E-state index in [9.17, 15) is 0 Å². The molecule has 0 spiro atoms. The highest BCUT2D eigenvalue weighted by Gasteiger charge is 2.10. The maximum absolute atomic E-state index is 4.61. The molecular formula is C18H22N6. The first-order valence-corrected chi connectivity index (χ1v) is 8.27. The van der Waals surface area contributed by atoms with Crippen LogP contribution >= 0.6 is 0 Å². The minimum atomic E-state index is 0.631. The minimum Gasteiger partial charge on any atom is -0.354 e. The molecule has 6 heteroatoms. The van der Waals surface area contributed by atoms with Crippen LogP contribution < -0.4 is 5.32 Å². The second kappa shape index (κ2) is 7.68. The molecule has 0 unspecified atom stereocenters. The van der Waals surface area contributed by atoms with Crippen molar-refractivity contribution >= 4 is 5.95 Å². The second-order valence-electron chi connectivity index (χ2n) is 5.63. The van der Waals surface area contributed by atoms with Crippen molar-refractivity contribution in [3.63, 3.8) is 0 Å². The number of hydrogen-bond donors (Lipinski definition) is 1. The van der Waals surface area contributed by atoms with Gasteiger partial charge in [0.25, 0.3) is 0 Å². The summed E-state index contributed by atoms with van der Waals surface area (Å²) < 4.78 is 2.02. The van der Waals surface area contributed by atoms with E-state index in [4.69, 9.17) is 0 Å². The summed E-state index contributed by atoms with van der Waals surface area (Å²) in [6.45, 7) is 5.89. The summed E-state index contributed by atoms with van der Waals surface area (Å²) in [6.07, 6.45) is 7.37. The molecule has 3 aromatic heterocycles. The molecule has 0 radical (unpaired) electrons. The van der Waals surface area contributed by atoms with Gasteiger partial charge in [-0.15, -0.1) is 0 Å². The summed E-state index contributed by atoms with van der Waals surface area (Å²) in [6, 6.07) is 7.86. The number of hydrogen-bond acceptors (Lipinski definition) is 5. The van der Waals surface area contributed by atoms with E-state index >= 15 is 0 Å². The maximum Gasteiger partial charge on any atom is 0.223 e. The van der Waals surface area contributed by atoms with E-state index in [0.717, 1.165) is 48.6 Å². The highest BCUT2D eigenvalue weighted by atomic mass is 15.3. The quantitative estimate of drug-likeness (QED) is 0.724. The summed E-state index contributed by atoms with van der Waals surface area (Å²) in [4.78, 5) is 13.2. The lowest BCUT2D eigenvalue weighted by Gasteiger charge is -2.07.